The molecule has 3 aliphatic rings. The molecule has 0 fully saturated rings. The van der Waals surface area contributed by atoms with Gasteiger partial charge in [-0.3, -0.25) is 9.78 Å². The van der Waals surface area contributed by atoms with E-state index in [9.17, 15) is 14.0 Å². The lowest BCUT2D eigenvalue weighted by Gasteiger charge is -2.31. The topological polar surface area (TPSA) is 84.9 Å². The number of nitrogens with zero attached hydrogens (tertiary/aromatic N) is 4. The molecule has 2 aromatic heterocycles. The SMILES string of the molecule is C=CC(=O)N1CCc2ncc(-c3nc(-c4ccc5c(c4)CCN(C(=O)OC(C)(C)C)C5)c4c(c3-c3ccc(F)cc3OC)CCC4)cc2C1. The number of methoxy groups -OCH3 is 1. The van der Waals surface area contributed by atoms with Gasteiger partial charge < -0.3 is 19.3 Å². The summed E-state index contributed by atoms with van der Waals surface area (Å²) in [4.78, 5) is 39.2. The van der Waals surface area contributed by atoms with E-state index in [1.165, 1.54) is 34.9 Å². The van der Waals surface area contributed by atoms with Crippen LogP contribution in [0.3, 0.4) is 0 Å². The van der Waals surface area contributed by atoms with Crippen molar-refractivity contribution in [2.24, 2.45) is 0 Å². The summed E-state index contributed by atoms with van der Waals surface area (Å²) in [5.41, 5.74) is 11.3. The molecule has 8 nitrogen and oxygen atoms in total. The summed E-state index contributed by atoms with van der Waals surface area (Å²) in [7, 11) is 1.56. The van der Waals surface area contributed by atoms with E-state index in [0.29, 0.717) is 38.3 Å². The number of rotatable bonds is 5. The summed E-state index contributed by atoms with van der Waals surface area (Å²) in [6.45, 7) is 11.4. The molecule has 9 heteroatoms. The molecule has 252 valence electrons. The van der Waals surface area contributed by atoms with E-state index in [0.717, 1.165) is 76.1 Å². The van der Waals surface area contributed by atoms with Gasteiger partial charge in [0.25, 0.3) is 0 Å². The van der Waals surface area contributed by atoms with Crippen molar-refractivity contribution >= 4 is 12.0 Å². The number of halogens is 1. The molecular weight excluding hydrogens is 619 g/mol. The van der Waals surface area contributed by atoms with Gasteiger partial charge in [-0.2, -0.15) is 0 Å². The van der Waals surface area contributed by atoms with Gasteiger partial charge in [0, 0.05) is 72.8 Å². The molecule has 4 aromatic rings. The zero-order valence-corrected chi connectivity index (χ0v) is 28.6. The third-order valence-corrected chi connectivity index (χ3v) is 9.64. The maximum atomic E-state index is 14.5. The maximum Gasteiger partial charge on any atom is 0.410 e. The Morgan fingerprint density at radius 1 is 0.878 bits per heavy atom. The number of fused-ring (bicyclic) bond motifs is 3. The molecule has 7 rings (SSSR count). The fourth-order valence-corrected chi connectivity index (χ4v) is 7.32. The van der Waals surface area contributed by atoms with Crippen LogP contribution in [0, 0.1) is 5.82 Å². The first-order valence-electron chi connectivity index (χ1n) is 16.9. The first-order valence-corrected chi connectivity index (χ1v) is 16.9. The molecule has 1 aliphatic carbocycles. The molecule has 0 radical (unpaired) electrons. The largest absolute Gasteiger partial charge is 0.496 e. The number of carbonyl (C=O) groups is 2. The molecule has 0 saturated heterocycles. The van der Waals surface area contributed by atoms with Gasteiger partial charge in [-0.25, -0.2) is 14.2 Å². The molecule has 0 unspecified atom stereocenters. The molecule has 4 heterocycles. The average Bonchev–Trinajstić information content (AvgIpc) is 3.59. The van der Waals surface area contributed by atoms with E-state index < -0.39 is 5.60 Å². The normalized spacial score (nSPS) is 15.3. The van der Waals surface area contributed by atoms with E-state index in [4.69, 9.17) is 19.4 Å². The van der Waals surface area contributed by atoms with E-state index >= 15 is 0 Å². The Bertz CT molecular complexity index is 2000. The average molecular weight is 661 g/mol. The Balaban J connectivity index is 1.35. The molecule has 2 amide bonds. The zero-order chi connectivity index (χ0) is 34.4. The number of aromatic nitrogens is 2. The molecular formula is C40H41FN4O4. The maximum absolute atomic E-state index is 14.5. The van der Waals surface area contributed by atoms with Crippen molar-refractivity contribution in [3.8, 4) is 39.4 Å². The van der Waals surface area contributed by atoms with E-state index in [-0.39, 0.29) is 17.8 Å². The summed E-state index contributed by atoms with van der Waals surface area (Å²) in [5, 5.41) is 0. The Labute approximate surface area is 286 Å². The van der Waals surface area contributed by atoms with Gasteiger partial charge in [0.05, 0.1) is 18.5 Å². The Kier molecular flexibility index (Phi) is 8.47. The summed E-state index contributed by atoms with van der Waals surface area (Å²) in [5.74, 6) is -0.0284. The van der Waals surface area contributed by atoms with Crippen LogP contribution in [-0.4, -0.2) is 57.6 Å². The van der Waals surface area contributed by atoms with Gasteiger partial charge in [-0.15, -0.1) is 0 Å². The fourth-order valence-electron chi connectivity index (χ4n) is 7.32. The second-order valence-electron chi connectivity index (χ2n) is 14.0. The van der Waals surface area contributed by atoms with Crippen LogP contribution in [-0.2, 0) is 48.3 Å². The first-order chi connectivity index (χ1) is 23.5. The van der Waals surface area contributed by atoms with Gasteiger partial charge in [0.15, 0.2) is 0 Å². The Hall–Kier alpha value is -5.05. The fraction of sp³-hybridized carbons (Fsp3) is 0.350. The third kappa shape index (κ3) is 6.30. The number of amides is 2. The van der Waals surface area contributed by atoms with Crippen molar-refractivity contribution in [2.75, 3.05) is 20.2 Å². The van der Waals surface area contributed by atoms with E-state index in [1.807, 2.05) is 27.0 Å². The summed E-state index contributed by atoms with van der Waals surface area (Å²) < 4.78 is 25.8. The smallest absolute Gasteiger partial charge is 0.410 e. The molecule has 0 N–H and O–H groups in total. The number of hydrogen-bond acceptors (Lipinski definition) is 6. The van der Waals surface area contributed by atoms with Crippen molar-refractivity contribution in [3.63, 3.8) is 0 Å². The highest BCUT2D eigenvalue weighted by molar-refractivity contribution is 5.90. The predicted octanol–water partition coefficient (Wildman–Crippen LogP) is 7.48. The number of benzene rings is 2. The molecule has 0 spiro atoms. The van der Waals surface area contributed by atoms with Crippen LogP contribution in [0.1, 0.15) is 60.7 Å². The minimum absolute atomic E-state index is 0.104. The summed E-state index contributed by atoms with van der Waals surface area (Å²) in [6.07, 6.45) is 7.00. The Morgan fingerprint density at radius 2 is 1.63 bits per heavy atom. The lowest BCUT2D eigenvalue weighted by molar-refractivity contribution is -0.126. The highest BCUT2D eigenvalue weighted by Gasteiger charge is 2.30. The number of carbonyl (C=O) groups excluding carboxylic acids is 2. The van der Waals surface area contributed by atoms with Crippen LogP contribution >= 0.6 is 0 Å². The van der Waals surface area contributed by atoms with Crippen LogP contribution in [0.4, 0.5) is 9.18 Å². The second-order valence-corrected chi connectivity index (χ2v) is 14.0. The van der Waals surface area contributed by atoms with Crippen LogP contribution in [0.5, 0.6) is 5.75 Å². The molecule has 49 heavy (non-hydrogen) atoms. The van der Waals surface area contributed by atoms with Crippen LogP contribution < -0.4 is 4.74 Å². The number of ether oxygens (including phenoxy) is 2. The van der Waals surface area contributed by atoms with Crippen LogP contribution in [0.15, 0.2) is 61.3 Å². The van der Waals surface area contributed by atoms with E-state index in [2.05, 4.69) is 30.8 Å². The minimum atomic E-state index is -0.551. The monoisotopic (exact) mass is 660 g/mol. The summed E-state index contributed by atoms with van der Waals surface area (Å²) >= 11 is 0. The number of hydrogen-bond donors (Lipinski definition) is 0. The van der Waals surface area contributed by atoms with Crippen LogP contribution in [0.2, 0.25) is 0 Å². The molecule has 2 aromatic carbocycles. The van der Waals surface area contributed by atoms with Gasteiger partial charge in [0.1, 0.15) is 17.2 Å². The van der Waals surface area contributed by atoms with Crippen LogP contribution in [0.25, 0.3) is 33.6 Å². The standard InChI is InChI=1S/C40H41FN4O4/c1-6-35(46)44-17-15-33-28(23-44)19-27(21-42-33)38-36(32-13-12-29(41)20-34(32)48-5)30-8-7-9-31(30)37(43-38)25-10-11-26-22-45(16-14-24(26)18-25)39(47)49-40(2,3)4/h6,10-13,18-21H,1,7-9,14-17,22-23H2,2-5H3. The lowest BCUT2D eigenvalue weighted by atomic mass is 9.88. The summed E-state index contributed by atoms with van der Waals surface area (Å²) in [6, 6.07) is 13.2. The minimum Gasteiger partial charge on any atom is -0.496 e. The van der Waals surface area contributed by atoms with E-state index in [1.54, 1.807) is 23.0 Å². The predicted molar refractivity (Wildman–Crippen MR) is 187 cm³/mol. The Morgan fingerprint density at radius 3 is 2.41 bits per heavy atom. The van der Waals surface area contributed by atoms with Crippen molar-refractivity contribution in [2.45, 2.75) is 71.6 Å². The first kappa shape index (κ1) is 32.5. The van der Waals surface area contributed by atoms with Gasteiger partial charge in [-0.1, -0.05) is 18.7 Å². The molecule has 0 atom stereocenters. The van der Waals surface area contributed by atoms with Gasteiger partial charge >= 0.3 is 6.09 Å². The second kappa shape index (κ2) is 12.8. The highest BCUT2D eigenvalue weighted by atomic mass is 19.1. The zero-order valence-electron chi connectivity index (χ0n) is 28.6. The quantitative estimate of drug-likeness (QED) is 0.207. The van der Waals surface area contributed by atoms with Crippen molar-refractivity contribution in [1.82, 2.24) is 19.8 Å². The van der Waals surface area contributed by atoms with Crippen molar-refractivity contribution in [1.29, 1.82) is 0 Å². The molecule has 2 aliphatic heterocycles. The van der Waals surface area contributed by atoms with Crippen molar-refractivity contribution < 1.29 is 23.5 Å². The van der Waals surface area contributed by atoms with Crippen molar-refractivity contribution in [3.05, 3.63) is 101 Å². The lowest BCUT2D eigenvalue weighted by Crippen LogP contribution is -2.39. The number of pyridine rings is 2. The highest BCUT2D eigenvalue weighted by Crippen LogP contribution is 2.46. The van der Waals surface area contributed by atoms with Gasteiger partial charge in [-0.05, 0) is 105 Å². The van der Waals surface area contributed by atoms with Gasteiger partial charge in [0.2, 0.25) is 5.91 Å². The third-order valence-electron chi connectivity index (χ3n) is 9.64. The molecule has 0 saturated carbocycles. The molecule has 0 bridgehead atoms.